The lowest BCUT2D eigenvalue weighted by molar-refractivity contribution is 0.328. The number of hydrogen-bond acceptors (Lipinski definition) is 5. The van der Waals surface area contributed by atoms with Gasteiger partial charge in [-0.05, 0) is 59.6 Å². The molecule has 0 spiro atoms. The topological polar surface area (TPSA) is 51.0 Å². The first-order valence-electron chi connectivity index (χ1n) is 7.14. The van der Waals surface area contributed by atoms with Gasteiger partial charge in [-0.3, -0.25) is 5.32 Å². The van der Waals surface area contributed by atoms with Gasteiger partial charge < -0.3 is 4.52 Å². The minimum absolute atomic E-state index is 0.325. The Hall–Kier alpha value is -0.920. The van der Waals surface area contributed by atoms with E-state index in [0.29, 0.717) is 28.3 Å². The molecule has 1 aromatic carbocycles. The summed E-state index contributed by atoms with van der Waals surface area (Å²) in [5.41, 5.74) is 0.702. The Morgan fingerprint density at radius 1 is 1.21 bits per heavy atom. The van der Waals surface area contributed by atoms with Crippen molar-refractivity contribution >= 4 is 50.5 Å². The number of nitrogens with one attached hydrogen (secondary N) is 1. The van der Waals surface area contributed by atoms with Crippen molar-refractivity contribution in [3.8, 4) is 10.7 Å². The fraction of sp³-hybridized carbons (Fsp3) is 0.250. The van der Waals surface area contributed by atoms with Crippen molar-refractivity contribution in [1.82, 2.24) is 15.5 Å². The number of rotatable bonds is 5. The van der Waals surface area contributed by atoms with Crippen LogP contribution in [-0.4, -0.2) is 10.1 Å². The van der Waals surface area contributed by atoms with E-state index in [9.17, 15) is 0 Å². The van der Waals surface area contributed by atoms with Gasteiger partial charge in [0.15, 0.2) is 0 Å². The molecule has 0 unspecified atom stereocenters. The largest absolute Gasteiger partial charge is 0.338 e. The Kier molecular flexibility index (Phi) is 5.32. The highest BCUT2D eigenvalue weighted by Gasteiger charge is 2.22. The lowest BCUT2D eigenvalue weighted by Gasteiger charge is -2.26. The molecule has 0 bridgehead atoms. The van der Waals surface area contributed by atoms with E-state index in [2.05, 4.69) is 45.2 Å². The molecule has 126 valence electrons. The second kappa shape index (κ2) is 7.14. The number of benzene rings is 1. The molecule has 0 saturated heterocycles. The zero-order chi connectivity index (χ0) is 17.3. The summed E-state index contributed by atoms with van der Waals surface area (Å²) in [4.78, 5) is 5.38. The molecule has 1 N–H and O–H groups in total. The van der Waals surface area contributed by atoms with Gasteiger partial charge in [0.25, 0.3) is 0 Å². The summed E-state index contributed by atoms with van der Waals surface area (Å²) in [5, 5.41) is 8.50. The second-order valence-corrected chi connectivity index (χ2v) is 9.00. The summed E-state index contributed by atoms with van der Waals surface area (Å²) in [6.07, 6.45) is 0. The molecule has 2 heterocycles. The molecule has 8 heteroatoms. The lowest BCUT2D eigenvalue weighted by atomic mass is 9.94. The molecule has 0 saturated carbocycles. The van der Waals surface area contributed by atoms with Crippen LogP contribution in [0.4, 0.5) is 0 Å². The normalized spacial score (nSPS) is 11.9. The van der Waals surface area contributed by atoms with E-state index < -0.39 is 0 Å². The van der Waals surface area contributed by atoms with Gasteiger partial charge >= 0.3 is 0 Å². The number of halogens is 3. The van der Waals surface area contributed by atoms with E-state index in [-0.39, 0.29) is 5.54 Å². The van der Waals surface area contributed by atoms with Crippen LogP contribution >= 0.6 is 50.5 Å². The van der Waals surface area contributed by atoms with E-state index in [1.54, 1.807) is 17.4 Å². The quantitative estimate of drug-likeness (QED) is 0.530. The van der Waals surface area contributed by atoms with E-state index in [0.717, 1.165) is 14.2 Å². The van der Waals surface area contributed by atoms with Crippen molar-refractivity contribution in [2.75, 3.05) is 0 Å². The summed E-state index contributed by atoms with van der Waals surface area (Å²) in [6, 6.07) is 9.52. The van der Waals surface area contributed by atoms with Crippen LogP contribution in [0.25, 0.3) is 10.7 Å². The minimum Gasteiger partial charge on any atom is -0.338 e. The second-order valence-electron chi connectivity index (χ2n) is 5.72. The number of aromatic nitrogens is 2. The zero-order valence-electron chi connectivity index (χ0n) is 12.9. The molecule has 0 aliphatic carbocycles. The molecule has 3 aromatic rings. The third kappa shape index (κ3) is 4.00. The lowest BCUT2D eigenvalue weighted by Crippen LogP contribution is -2.36. The van der Waals surface area contributed by atoms with Crippen LogP contribution in [0.3, 0.4) is 0 Å². The van der Waals surface area contributed by atoms with Crippen molar-refractivity contribution < 1.29 is 4.52 Å². The van der Waals surface area contributed by atoms with Crippen molar-refractivity contribution in [3.05, 3.63) is 55.6 Å². The molecule has 3 rings (SSSR count). The first-order valence-corrected chi connectivity index (χ1v) is 9.50. The predicted octanol–water partition coefficient (Wildman–Crippen LogP) is 5.89. The molecule has 0 atom stereocenters. The van der Waals surface area contributed by atoms with Gasteiger partial charge in [-0.15, -0.1) is 11.3 Å². The molecule has 0 fully saturated rings. The van der Waals surface area contributed by atoms with Gasteiger partial charge in [-0.1, -0.05) is 34.4 Å². The standard InChI is InChI=1S/C16H14BrCl2N3OS/c1-16(2,9-3-4-10(18)11(19)7-9)20-8-14-21-15(22-23-14)12-5-6-13(17)24-12/h3-7,20H,8H2,1-2H3. The number of nitrogens with zero attached hydrogens (tertiary/aromatic N) is 2. The summed E-state index contributed by atoms with van der Waals surface area (Å²) < 4.78 is 6.35. The van der Waals surface area contributed by atoms with Crippen LogP contribution in [-0.2, 0) is 12.1 Å². The minimum atomic E-state index is -0.325. The molecule has 4 nitrogen and oxygen atoms in total. The monoisotopic (exact) mass is 445 g/mol. The maximum atomic E-state index is 6.11. The molecule has 24 heavy (non-hydrogen) atoms. The summed E-state index contributed by atoms with van der Waals surface area (Å²) in [5.74, 6) is 1.12. The Morgan fingerprint density at radius 2 is 2.00 bits per heavy atom. The van der Waals surface area contributed by atoms with Gasteiger partial charge in [-0.2, -0.15) is 4.98 Å². The van der Waals surface area contributed by atoms with E-state index in [1.807, 2.05) is 24.3 Å². The predicted molar refractivity (Wildman–Crippen MR) is 102 cm³/mol. The molecule has 0 amide bonds. The smallest absolute Gasteiger partial charge is 0.240 e. The Morgan fingerprint density at radius 3 is 2.67 bits per heavy atom. The average molecular weight is 447 g/mol. The van der Waals surface area contributed by atoms with Crippen molar-refractivity contribution in [3.63, 3.8) is 0 Å². The molecule has 0 radical (unpaired) electrons. The van der Waals surface area contributed by atoms with E-state index >= 15 is 0 Å². The highest BCUT2D eigenvalue weighted by Crippen LogP contribution is 2.30. The zero-order valence-corrected chi connectivity index (χ0v) is 16.9. The van der Waals surface area contributed by atoms with Crippen LogP contribution in [0, 0.1) is 0 Å². The fourth-order valence-electron chi connectivity index (χ4n) is 2.14. The van der Waals surface area contributed by atoms with Crippen LogP contribution in [0.1, 0.15) is 25.3 Å². The average Bonchev–Trinajstić information content (AvgIpc) is 3.16. The van der Waals surface area contributed by atoms with Crippen LogP contribution in [0.15, 0.2) is 38.6 Å². The third-order valence-corrected chi connectivity index (χ3v) is 5.94. The SMILES string of the molecule is CC(C)(NCc1nc(-c2ccc(Br)s2)no1)c1ccc(Cl)c(Cl)c1. The first-order chi connectivity index (χ1) is 11.3. The first kappa shape index (κ1) is 17.9. The number of hydrogen-bond donors (Lipinski definition) is 1. The molecule has 0 aliphatic rings. The molecular formula is C16H14BrCl2N3OS. The van der Waals surface area contributed by atoms with Crippen molar-refractivity contribution in [2.45, 2.75) is 25.9 Å². The fourth-order valence-corrected chi connectivity index (χ4v) is 3.75. The van der Waals surface area contributed by atoms with Crippen LogP contribution in [0.2, 0.25) is 10.0 Å². The maximum Gasteiger partial charge on any atom is 0.240 e. The Bertz CT molecular complexity index is 863. The van der Waals surface area contributed by atoms with E-state index in [1.165, 1.54) is 0 Å². The highest BCUT2D eigenvalue weighted by atomic mass is 79.9. The molecule has 2 aromatic heterocycles. The van der Waals surface area contributed by atoms with Crippen LogP contribution in [0.5, 0.6) is 0 Å². The van der Waals surface area contributed by atoms with Gasteiger partial charge in [0.1, 0.15) is 0 Å². The summed E-state index contributed by atoms with van der Waals surface area (Å²) >= 11 is 17.1. The maximum absolute atomic E-state index is 6.11. The Labute approximate surface area is 162 Å². The Balaban J connectivity index is 1.70. The van der Waals surface area contributed by atoms with Gasteiger partial charge in [-0.25, -0.2) is 0 Å². The highest BCUT2D eigenvalue weighted by molar-refractivity contribution is 9.11. The van der Waals surface area contributed by atoms with Crippen molar-refractivity contribution in [2.24, 2.45) is 0 Å². The van der Waals surface area contributed by atoms with E-state index in [4.69, 9.17) is 27.7 Å². The van der Waals surface area contributed by atoms with Crippen LogP contribution < -0.4 is 5.32 Å². The van der Waals surface area contributed by atoms with Gasteiger partial charge in [0, 0.05) is 5.54 Å². The third-order valence-electron chi connectivity index (χ3n) is 3.58. The summed E-state index contributed by atoms with van der Waals surface area (Å²) in [6.45, 7) is 4.56. The number of thiophene rings is 1. The van der Waals surface area contributed by atoms with Crippen molar-refractivity contribution in [1.29, 1.82) is 0 Å². The molecular weight excluding hydrogens is 433 g/mol. The van der Waals surface area contributed by atoms with Gasteiger partial charge in [0.05, 0.1) is 25.3 Å². The van der Waals surface area contributed by atoms with Gasteiger partial charge in [0.2, 0.25) is 11.7 Å². The summed E-state index contributed by atoms with van der Waals surface area (Å²) in [7, 11) is 0. The molecule has 0 aliphatic heterocycles.